The molecule has 11 heteroatoms. The SMILES string of the molecule is CN(C)[C@H](I)COc1cccnc1C1CCN(C(=O)[C@@H](Cc2ccc(Cl)cc2Cl)NC(=O)OC2CCCC2)CC1. The Bertz CT molecular complexity index is 1160. The van der Waals surface area contributed by atoms with Gasteiger partial charge in [-0.2, -0.15) is 0 Å². The maximum atomic E-state index is 13.7. The van der Waals surface area contributed by atoms with E-state index in [0.717, 1.165) is 55.5 Å². The first-order valence-electron chi connectivity index (χ1n) is 13.8. The van der Waals surface area contributed by atoms with Crippen LogP contribution in [0.15, 0.2) is 36.5 Å². The number of aromatic nitrogens is 1. The number of halogens is 3. The summed E-state index contributed by atoms with van der Waals surface area (Å²) in [4.78, 5) is 35.1. The molecule has 1 N–H and O–H groups in total. The monoisotopic (exact) mass is 702 g/mol. The topological polar surface area (TPSA) is 84.0 Å². The van der Waals surface area contributed by atoms with Crippen molar-refractivity contribution in [3.8, 4) is 5.75 Å². The first kappa shape index (κ1) is 31.1. The van der Waals surface area contributed by atoms with Gasteiger partial charge < -0.3 is 19.7 Å². The van der Waals surface area contributed by atoms with Crippen LogP contribution >= 0.6 is 45.8 Å². The number of carbonyl (C=O) groups is 2. The number of piperidine rings is 1. The quantitative estimate of drug-likeness (QED) is 0.184. The van der Waals surface area contributed by atoms with E-state index >= 15 is 0 Å². The predicted octanol–water partition coefficient (Wildman–Crippen LogP) is 6.08. The highest BCUT2D eigenvalue weighted by Gasteiger charge is 2.33. The molecule has 2 atom stereocenters. The highest BCUT2D eigenvalue weighted by atomic mass is 127. The van der Waals surface area contributed by atoms with E-state index in [1.54, 1.807) is 24.4 Å². The summed E-state index contributed by atoms with van der Waals surface area (Å²) >= 11 is 14.9. The van der Waals surface area contributed by atoms with Gasteiger partial charge in [-0.1, -0.05) is 51.9 Å². The van der Waals surface area contributed by atoms with Gasteiger partial charge in [0, 0.05) is 41.7 Å². The standard InChI is InChI=1S/C29H37Cl2IN4O4/c1-35(2)26(32)18-39-25-8-5-13-33-27(25)19-11-14-36(15-12-19)28(37)24(16-20-9-10-21(30)17-23(20)31)34-29(38)40-22-6-3-4-7-22/h5,8-10,13,17,19,22,24,26H,3-4,6-7,11-12,14-16,18H2,1-2H3,(H,34,38)/t24-,26+/m1/s1. The number of pyridine rings is 1. The van der Waals surface area contributed by atoms with Crippen molar-refractivity contribution in [3.05, 3.63) is 57.8 Å². The molecule has 2 aromatic rings. The van der Waals surface area contributed by atoms with E-state index < -0.39 is 12.1 Å². The van der Waals surface area contributed by atoms with Crippen LogP contribution in [-0.4, -0.2) is 76.8 Å². The van der Waals surface area contributed by atoms with Crippen molar-refractivity contribution in [1.82, 2.24) is 20.1 Å². The van der Waals surface area contributed by atoms with Gasteiger partial charge in [0.25, 0.3) is 0 Å². The van der Waals surface area contributed by atoms with Gasteiger partial charge in [0.05, 0.1) is 9.74 Å². The molecular weight excluding hydrogens is 666 g/mol. The normalized spacial score (nSPS) is 18.0. The number of amides is 2. The Hall–Kier alpha value is -1.82. The van der Waals surface area contributed by atoms with Crippen LogP contribution in [-0.2, 0) is 16.0 Å². The number of nitrogens with one attached hydrogen (secondary N) is 1. The number of benzene rings is 1. The van der Waals surface area contributed by atoms with Crippen molar-refractivity contribution >= 4 is 57.8 Å². The Labute approximate surface area is 260 Å². The largest absolute Gasteiger partial charge is 0.489 e. The van der Waals surface area contributed by atoms with Crippen molar-refractivity contribution in [2.24, 2.45) is 0 Å². The molecule has 2 amide bonds. The Balaban J connectivity index is 1.41. The molecule has 1 aliphatic carbocycles. The van der Waals surface area contributed by atoms with Crippen LogP contribution in [0.5, 0.6) is 5.75 Å². The van der Waals surface area contributed by atoms with E-state index in [-0.39, 0.29) is 28.4 Å². The molecule has 1 aromatic carbocycles. The fourth-order valence-electron chi connectivity index (χ4n) is 5.17. The summed E-state index contributed by atoms with van der Waals surface area (Å²) in [5.74, 6) is 0.822. The second-order valence-electron chi connectivity index (χ2n) is 10.6. The predicted molar refractivity (Wildman–Crippen MR) is 166 cm³/mol. The summed E-state index contributed by atoms with van der Waals surface area (Å²) in [6.45, 7) is 1.66. The molecule has 2 heterocycles. The van der Waals surface area contributed by atoms with Crippen molar-refractivity contribution in [3.63, 3.8) is 0 Å². The van der Waals surface area contributed by atoms with E-state index in [0.29, 0.717) is 29.7 Å². The third-order valence-electron chi connectivity index (χ3n) is 7.53. The van der Waals surface area contributed by atoms with Crippen LogP contribution in [0.3, 0.4) is 0 Å². The molecular formula is C29H37Cl2IN4O4. The van der Waals surface area contributed by atoms with Crippen molar-refractivity contribution in [2.45, 2.75) is 67.1 Å². The number of carbonyl (C=O) groups excluding carboxylic acids is 2. The molecule has 8 nitrogen and oxygen atoms in total. The average molecular weight is 703 g/mol. The molecule has 0 unspecified atom stereocenters. The molecule has 1 saturated heterocycles. The summed E-state index contributed by atoms with van der Waals surface area (Å²) in [5.41, 5.74) is 1.67. The minimum atomic E-state index is -0.801. The summed E-state index contributed by atoms with van der Waals surface area (Å²) in [6, 6.07) is 8.22. The average Bonchev–Trinajstić information content (AvgIpc) is 3.45. The van der Waals surface area contributed by atoms with Gasteiger partial charge in [0.15, 0.2) is 0 Å². The molecule has 0 spiro atoms. The number of nitrogens with zero attached hydrogens (tertiary/aromatic N) is 3. The number of rotatable bonds is 10. The van der Waals surface area contributed by atoms with Gasteiger partial charge >= 0.3 is 6.09 Å². The van der Waals surface area contributed by atoms with Gasteiger partial charge in [0.2, 0.25) is 5.91 Å². The molecule has 40 heavy (non-hydrogen) atoms. The highest BCUT2D eigenvalue weighted by Crippen LogP contribution is 2.33. The number of alkyl carbamates (subject to hydrolysis) is 1. The molecule has 4 rings (SSSR count). The van der Waals surface area contributed by atoms with Crippen molar-refractivity contribution < 1.29 is 19.1 Å². The van der Waals surface area contributed by atoms with Crippen LogP contribution in [0, 0.1) is 0 Å². The van der Waals surface area contributed by atoms with Crippen molar-refractivity contribution in [2.75, 3.05) is 33.8 Å². The molecule has 0 radical (unpaired) electrons. The molecule has 1 saturated carbocycles. The van der Waals surface area contributed by atoms with Crippen LogP contribution < -0.4 is 10.1 Å². The van der Waals surface area contributed by atoms with E-state index in [1.807, 2.05) is 31.1 Å². The zero-order valence-electron chi connectivity index (χ0n) is 23.0. The lowest BCUT2D eigenvalue weighted by molar-refractivity contribution is -0.134. The Kier molecular flexibility index (Phi) is 11.6. The zero-order valence-corrected chi connectivity index (χ0v) is 26.6. The van der Waals surface area contributed by atoms with Gasteiger partial charge in [-0.05, 0) is 82.4 Å². The Morgan fingerprint density at radius 1 is 1.15 bits per heavy atom. The van der Waals surface area contributed by atoms with Crippen molar-refractivity contribution in [1.29, 1.82) is 0 Å². The van der Waals surface area contributed by atoms with E-state index in [1.165, 1.54) is 0 Å². The summed E-state index contributed by atoms with van der Waals surface area (Å²) in [6.07, 6.45) is 6.69. The number of hydrogen-bond donors (Lipinski definition) is 1. The molecule has 218 valence electrons. The fourth-order valence-corrected chi connectivity index (χ4v) is 5.84. The second kappa shape index (κ2) is 14.9. The first-order chi connectivity index (χ1) is 19.2. The summed E-state index contributed by atoms with van der Waals surface area (Å²) in [7, 11) is 4.05. The molecule has 1 aliphatic heterocycles. The third-order valence-corrected chi connectivity index (χ3v) is 9.60. The number of likely N-dealkylation sites (N-methyl/N-ethyl adjacent to an activating group) is 1. The summed E-state index contributed by atoms with van der Waals surface area (Å²) in [5, 5.41) is 3.81. The molecule has 2 fully saturated rings. The first-order valence-corrected chi connectivity index (χ1v) is 15.8. The number of likely N-dealkylation sites (tertiary alicyclic amines) is 1. The molecule has 1 aromatic heterocycles. The Morgan fingerprint density at radius 2 is 1.88 bits per heavy atom. The highest BCUT2D eigenvalue weighted by molar-refractivity contribution is 14.1. The smallest absolute Gasteiger partial charge is 0.408 e. The minimum absolute atomic E-state index is 0.0967. The van der Waals surface area contributed by atoms with Gasteiger partial charge in [-0.15, -0.1) is 0 Å². The van der Waals surface area contributed by atoms with Gasteiger partial charge in [-0.25, -0.2) is 4.79 Å². The second-order valence-corrected chi connectivity index (χ2v) is 12.9. The number of alkyl halides is 1. The van der Waals surface area contributed by atoms with Crippen LogP contribution in [0.2, 0.25) is 10.0 Å². The summed E-state index contributed by atoms with van der Waals surface area (Å²) < 4.78 is 12.0. The maximum absolute atomic E-state index is 13.7. The molecule has 2 aliphatic rings. The van der Waals surface area contributed by atoms with Gasteiger partial charge in [-0.3, -0.25) is 14.7 Å². The van der Waals surface area contributed by atoms with Crippen LogP contribution in [0.4, 0.5) is 4.79 Å². The number of ether oxygens (including phenoxy) is 2. The van der Waals surface area contributed by atoms with Gasteiger partial charge in [0.1, 0.15) is 24.5 Å². The maximum Gasteiger partial charge on any atom is 0.408 e. The lowest BCUT2D eigenvalue weighted by Crippen LogP contribution is -2.52. The van der Waals surface area contributed by atoms with Crippen LogP contribution in [0.25, 0.3) is 0 Å². The molecule has 0 bridgehead atoms. The lowest BCUT2D eigenvalue weighted by Gasteiger charge is -2.34. The minimum Gasteiger partial charge on any atom is -0.489 e. The zero-order chi connectivity index (χ0) is 28.6. The van der Waals surface area contributed by atoms with E-state index in [9.17, 15) is 9.59 Å². The lowest BCUT2D eigenvalue weighted by atomic mass is 9.91. The number of hydrogen-bond acceptors (Lipinski definition) is 6. The fraction of sp³-hybridized carbons (Fsp3) is 0.552. The van der Waals surface area contributed by atoms with Crippen LogP contribution in [0.1, 0.15) is 55.7 Å². The van der Waals surface area contributed by atoms with E-state index in [2.05, 4.69) is 37.8 Å². The third kappa shape index (κ3) is 8.59. The van der Waals surface area contributed by atoms with E-state index in [4.69, 9.17) is 32.7 Å². The Morgan fingerprint density at radius 3 is 2.55 bits per heavy atom.